The summed E-state index contributed by atoms with van der Waals surface area (Å²) in [6.07, 6.45) is 2.57. The van der Waals surface area contributed by atoms with Crippen molar-refractivity contribution in [1.82, 2.24) is 4.98 Å². The maximum Gasteiger partial charge on any atom is 0.301 e. The van der Waals surface area contributed by atoms with Crippen LogP contribution in [-0.2, 0) is 16.0 Å². The highest BCUT2D eigenvalue weighted by atomic mass is 32.1. The zero-order valence-electron chi connectivity index (χ0n) is 25.1. The number of amides is 1. The number of unbranched alkanes of at least 4 members (excludes halogenated alkanes) is 1. The van der Waals surface area contributed by atoms with Crippen molar-refractivity contribution in [2.75, 3.05) is 25.2 Å². The van der Waals surface area contributed by atoms with Crippen molar-refractivity contribution in [3.8, 4) is 23.0 Å². The van der Waals surface area contributed by atoms with E-state index in [1.165, 1.54) is 16.2 Å². The summed E-state index contributed by atoms with van der Waals surface area (Å²) in [5.41, 5.74) is 2.57. The van der Waals surface area contributed by atoms with Gasteiger partial charge in [-0.2, -0.15) is 0 Å². The average molecular weight is 615 g/mol. The molecule has 10 heteroatoms. The van der Waals surface area contributed by atoms with Gasteiger partial charge >= 0.3 is 5.91 Å². The van der Waals surface area contributed by atoms with Crippen molar-refractivity contribution in [2.45, 2.75) is 52.2 Å². The number of Topliss-reactive ketones (excluding diaryl/α,β-unsaturated/α-hetero) is 1. The van der Waals surface area contributed by atoms with E-state index in [-0.39, 0.29) is 17.4 Å². The number of aromatic nitrogens is 1. The van der Waals surface area contributed by atoms with E-state index in [4.69, 9.17) is 23.9 Å². The normalized spacial score (nSPS) is 18.9. The van der Waals surface area contributed by atoms with Crippen molar-refractivity contribution < 1.29 is 33.6 Å². The summed E-state index contributed by atoms with van der Waals surface area (Å²) in [6.45, 7) is 7.01. The Morgan fingerprint density at radius 1 is 1.07 bits per heavy atom. The number of nitrogens with zero attached hydrogens (tertiary/aromatic N) is 2. The molecular formula is C34H34N2O7S. The van der Waals surface area contributed by atoms with Crippen LogP contribution >= 0.6 is 11.3 Å². The Morgan fingerprint density at radius 3 is 2.68 bits per heavy atom. The first-order chi connectivity index (χ1) is 21.3. The van der Waals surface area contributed by atoms with E-state index in [9.17, 15) is 14.7 Å². The fourth-order valence-electron chi connectivity index (χ4n) is 5.62. The molecule has 3 heterocycles. The third-order valence-corrected chi connectivity index (χ3v) is 8.76. The van der Waals surface area contributed by atoms with Gasteiger partial charge in [-0.15, -0.1) is 0 Å². The fraction of sp³-hybridized carbons (Fsp3) is 0.324. The van der Waals surface area contributed by atoms with Crippen molar-refractivity contribution in [2.24, 2.45) is 0 Å². The summed E-state index contributed by atoms with van der Waals surface area (Å²) in [6, 6.07) is 15.2. The standard InChI is InChI=1S/C34H34N2O7S/c1-5-7-14-42-26-13-8-20(17-27(26)40-4)30-29(31(37)21-9-12-25-22(16-21)15-19(3)43-25)32(38)33(39)36(30)34-35-24-11-10-23(41-6-2)18-28(24)44-34/h8-13,16-19,30,37H,5-7,14-15H2,1-4H3/b31-29+. The number of aliphatic hydroxyl groups excluding tert-OH is 1. The molecule has 0 saturated carbocycles. The van der Waals surface area contributed by atoms with Gasteiger partial charge in [-0.1, -0.05) is 30.7 Å². The van der Waals surface area contributed by atoms with E-state index in [0.29, 0.717) is 58.7 Å². The molecule has 2 atom stereocenters. The van der Waals surface area contributed by atoms with Gasteiger partial charge in [0.1, 0.15) is 23.4 Å². The monoisotopic (exact) mass is 614 g/mol. The topological polar surface area (TPSA) is 107 Å². The molecule has 44 heavy (non-hydrogen) atoms. The number of thiazole rings is 1. The lowest BCUT2D eigenvalue weighted by Gasteiger charge is -2.24. The molecule has 9 nitrogen and oxygen atoms in total. The number of ketones is 1. The molecule has 4 aromatic rings. The number of aliphatic hydroxyl groups is 1. The van der Waals surface area contributed by atoms with Gasteiger partial charge in [-0.25, -0.2) is 4.98 Å². The summed E-state index contributed by atoms with van der Waals surface area (Å²) in [4.78, 5) is 33.7. The van der Waals surface area contributed by atoms with Gasteiger partial charge in [0.25, 0.3) is 5.78 Å². The van der Waals surface area contributed by atoms with Crippen LogP contribution in [0.3, 0.4) is 0 Å². The van der Waals surface area contributed by atoms with Gasteiger partial charge in [0.15, 0.2) is 16.6 Å². The molecule has 6 rings (SSSR count). The molecule has 0 radical (unpaired) electrons. The molecular weight excluding hydrogens is 580 g/mol. The van der Waals surface area contributed by atoms with Crippen molar-refractivity contribution >= 4 is 44.1 Å². The number of anilines is 1. The number of hydrogen-bond donors (Lipinski definition) is 1. The minimum atomic E-state index is -0.969. The highest BCUT2D eigenvalue weighted by molar-refractivity contribution is 7.22. The van der Waals surface area contributed by atoms with Gasteiger partial charge in [-0.3, -0.25) is 14.5 Å². The predicted molar refractivity (Wildman–Crippen MR) is 169 cm³/mol. The lowest BCUT2D eigenvalue weighted by molar-refractivity contribution is -0.132. The number of methoxy groups -OCH3 is 1. The molecule has 1 saturated heterocycles. The number of benzene rings is 3. The zero-order chi connectivity index (χ0) is 31.0. The SMILES string of the molecule is CCCCOc1ccc(C2/C(=C(\O)c3ccc4c(c3)CC(C)O4)C(=O)C(=O)N2c2nc3ccc(OCC)cc3s2)cc1OC. The van der Waals surface area contributed by atoms with E-state index < -0.39 is 17.7 Å². The van der Waals surface area contributed by atoms with Crippen LogP contribution < -0.4 is 23.8 Å². The summed E-state index contributed by atoms with van der Waals surface area (Å²) < 4.78 is 23.9. The second-order valence-electron chi connectivity index (χ2n) is 10.8. The number of hydrogen-bond acceptors (Lipinski definition) is 9. The Hall–Kier alpha value is -4.57. The Labute approximate surface area is 259 Å². The van der Waals surface area contributed by atoms with E-state index in [0.717, 1.165) is 28.9 Å². The summed E-state index contributed by atoms with van der Waals surface area (Å²) >= 11 is 1.28. The van der Waals surface area contributed by atoms with E-state index in [1.807, 2.05) is 38.1 Å². The third-order valence-electron chi connectivity index (χ3n) is 7.74. The zero-order valence-corrected chi connectivity index (χ0v) is 25.9. The lowest BCUT2D eigenvalue weighted by atomic mass is 9.94. The largest absolute Gasteiger partial charge is 0.507 e. The smallest absolute Gasteiger partial charge is 0.301 e. The second kappa shape index (κ2) is 12.2. The van der Waals surface area contributed by atoms with Gasteiger partial charge in [0.05, 0.1) is 42.2 Å². The van der Waals surface area contributed by atoms with E-state index in [1.54, 1.807) is 37.4 Å². The number of carbonyl (C=O) groups excluding carboxylic acids is 2. The highest BCUT2D eigenvalue weighted by Gasteiger charge is 2.48. The molecule has 1 amide bonds. The third kappa shape index (κ3) is 5.34. The van der Waals surface area contributed by atoms with Crippen LogP contribution in [0.1, 0.15) is 56.3 Å². The maximum absolute atomic E-state index is 13.8. The summed E-state index contributed by atoms with van der Waals surface area (Å²) in [7, 11) is 1.54. The van der Waals surface area contributed by atoms with Crippen molar-refractivity contribution in [3.63, 3.8) is 0 Å². The van der Waals surface area contributed by atoms with Crippen molar-refractivity contribution in [1.29, 1.82) is 0 Å². The van der Waals surface area contributed by atoms with Crippen LogP contribution in [0.5, 0.6) is 23.0 Å². The fourth-order valence-corrected chi connectivity index (χ4v) is 6.64. The van der Waals surface area contributed by atoms with Crippen LogP contribution in [-0.4, -0.2) is 48.2 Å². The molecule has 0 aliphatic carbocycles. The molecule has 228 valence electrons. The molecule has 2 aliphatic rings. The van der Waals surface area contributed by atoms with Crippen LogP contribution in [0.2, 0.25) is 0 Å². The Morgan fingerprint density at radius 2 is 1.91 bits per heavy atom. The molecule has 1 N–H and O–H groups in total. The first-order valence-electron chi connectivity index (χ1n) is 14.8. The maximum atomic E-state index is 13.8. The number of carbonyl (C=O) groups is 2. The molecule has 2 aliphatic heterocycles. The van der Waals surface area contributed by atoms with Gasteiger partial charge in [0.2, 0.25) is 0 Å². The van der Waals surface area contributed by atoms with E-state index in [2.05, 4.69) is 6.92 Å². The van der Waals surface area contributed by atoms with Crippen LogP contribution in [0.15, 0.2) is 60.2 Å². The molecule has 0 spiro atoms. The minimum absolute atomic E-state index is 0.0146. The second-order valence-corrected chi connectivity index (χ2v) is 11.8. The summed E-state index contributed by atoms with van der Waals surface area (Å²) in [5.74, 6) is 0.606. The Balaban J connectivity index is 1.50. The first kappa shape index (κ1) is 29.5. The summed E-state index contributed by atoms with van der Waals surface area (Å²) in [5, 5.41) is 12.0. The predicted octanol–water partition coefficient (Wildman–Crippen LogP) is 6.83. The van der Waals surface area contributed by atoms with Crippen LogP contribution in [0, 0.1) is 0 Å². The van der Waals surface area contributed by atoms with Crippen LogP contribution in [0.25, 0.3) is 16.0 Å². The highest BCUT2D eigenvalue weighted by Crippen LogP contribution is 2.46. The number of fused-ring (bicyclic) bond motifs is 2. The molecule has 1 aromatic heterocycles. The molecule has 0 bridgehead atoms. The van der Waals surface area contributed by atoms with Crippen LogP contribution in [0.4, 0.5) is 5.13 Å². The van der Waals surface area contributed by atoms with Gasteiger partial charge < -0.3 is 24.1 Å². The van der Waals surface area contributed by atoms with Crippen molar-refractivity contribution in [3.05, 3.63) is 76.9 Å². The molecule has 1 fully saturated rings. The molecule has 3 aromatic carbocycles. The Bertz CT molecular complexity index is 1780. The number of ether oxygens (including phenoxy) is 4. The average Bonchev–Trinajstić information content (AvgIpc) is 3.69. The first-order valence-corrected chi connectivity index (χ1v) is 15.6. The number of rotatable bonds is 10. The lowest BCUT2D eigenvalue weighted by Crippen LogP contribution is -2.29. The van der Waals surface area contributed by atoms with Gasteiger partial charge in [0, 0.05) is 12.0 Å². The molecule has 2 unspecified atom stereocenters. The Kier molecular flexibility index (Phi) is 8.18. The van der Waals surface area contributed by atoms with E-state index >= 15 is 0 Å². The van der Waals surface area contributed by atoms with Gasteiger partial charge in [-0.05, 0) is 79.9 Å². The quantitative estimate of drug-likeness (QED) is 0.0896. The minimum Gasteiger partial charge on any atom is -0.507 e.